The summed E-state index contributed by atoms with van der Waals surface area (Å²) in [4.78, 5) is 18.5. The normalized spacial score (nSPS) is 19.9. The monoisotopic (exact) mass is 263 g/mol. The molecule has 1 unspecified atom stereocenters. The fraction of sp³-hybridized carbons (Fsp3) is 0.571. The lowest BCUT2D eigenvalue weighted by molar-refractivity contribution is 0.0562. The molecule has 1 aliphatic rings. The van der Waals surface area contributed by atoms with Gasteiger partial charge < -0.3 is 15.0 Å². The Labute approximate surface area is 114 Å². The number of ether oxygens (including phenoxy) is 1. The van der Waals surface area contributed by atoms with E-state index in [0.29, 0.717) is 12.1 Å². The molecule has 5 heteroatoms. The zero-order valence-corrected chi connectivity index (χ0v) is 11.6. The number of amides is 1. The summed E-state index contributed by atoms with van der Waals surface area (Å²) in [6, 6.07) is 3.57. The number of aromatic nitrogens is 1. The van der Waals surface area contributed by atoms with Crippen LogP contribution in [0.15, 0.2) is 18.3 Å². The second-order valence-corrected chi connectivity index (χ2v) is 4.75. The number of nitrogens with one attached hydrogen (secondary N) is 1. The van der Waals surface area contributed by atoms with Crippen molar-refractivity contribution in [2.75, 3.05) is 31.6 Å². The minimum Gasteiger partial charge on any atom is -0.377 e. The van der Waals surface area contributed by atoms with E-state index in [0.717, 1.165) is 31.9 Å². The first-order valence-electron chi connectivity index (χ1n) is 6.81. The van der Waals surface area contributed by atoms with E-state index in [2.05, 4.69) is 10.3 Å². The highest BCUT2D eigenvalue weighted by Crippen LogP contribution is 2.13. The summed E-state index contributed by atoms with van der Waals surface area (Å²) < 4.78 is 5.56. The van der Waals surface area contributed by atoms with E-state index in [1.165, 1.54) is 0 Å². The smallest absolute Gasteiger partial charge is 0.254 e. The molecule has 0 aromatic carbocycles. The van der Waals surface area contributed by atoms with Crippen LogP contribution < -0.4 is 5.32 Å². The molecule has 0 aliphatic carbocycles. The van der Waals surface area contributed by atoms with Crippen LogP contribution in [0.1, 0.15) is 30.6 Å². The van der Waals surface area contributed by atoms with Gasteiger partial charge >= 0.3 is 0 Å². The van der Waals surface area contributed by atoms with Gasteiger partial charge in [-0.1, -0.05) is 0 Å². The summed E-state index contributed by atoms with van der Waals surface area (Å²) in [7, 11) is 0. The number of pyridine rings is 1. The second-order valence-electron chi connectivity index (χ2n) is 4.75. The first-order chi connectivity index (χ1) is 9.20. The Morgan fingerprint density at radius 3 is 3.26 bits per heavy atom. The molecule has 2 heterocycles. The van der Waals surface area contributed by atoms with Gasteiger partial charge in [0.05, 0.1) is 6.10 Å². The average Bonchev–Trinajstić information content (AvgIpc) is 2.63. The van der Waals surface area contributed by atoms with Gasteiger partial charge in [0.25, 0.3) is 5.91 Å². The lowest BCUT2D eigenvalue weighted by Gasteiger charge is -2.22. The Morgan fingerprint density at radius 1 is 1.63 bits per heavy atom. The third kappa shape index (κ3) is 3.67. The molecule has 19 heavy (non-hydrogen) atoms. The maximum atomic E-state index is 12.5. The van der Waals surface area contributed by atoms with Crippen molar-refractivity contribution >= 4 is 11.7 Å². The number of hydrogen-bond donors (Lipinski definition) is 1. The van der Waals surface area contributed by atoms with Crippen LogP contribution in [0.25, 0.3) is 0 Å². The standard InChI is InChI=1S/C14H21N3O2/c1-3-15-13-9-12(5-6-16-13)14(18)17-7-4-8-19-11(2)10-17/h5-6,9,11H,3-4,7-8,10H2,1-2H3,(H,15,16). The molecule has 1 saturated heterocycles. The van der Waals surface area contributed by atoms with Crippen LogP contribution in [-0.2, 0) is 4.74 Å². The number of hydrogen-bond acceptors (Lipinski definition) is 4. The third-order valence-corrected chi connectivity index (χ3v) is 3.10. The third-order valence-electron chi connectivity index (χ3n) is 3.10. The van der Waals surface area contributed by atoms with Gasteiger partial charge in [-0.25, -0.2) is 4.98 Å². The van der Waals surface area contributed by atoms with Crippen molar-refractivity contribution in [1.82, 2.24) is 9.88 Å². The van der Waals surface area contributed by atoms with Crippen molar-refractivity contribution in [2.45, 2.75) is 26.4 Å². The number of rotatable bonds is 3. The summed E-state index contributed by atoms with van der Waals surface area (Å²) in [6.07, 6.45) is 2.66. The molecule has 2 rings (SSSR count). The summed E-state index contributed by atoms with van der Waals surface area (Å²) >= 11 is 0. The molecule has 1 aliphatic heterocycles. The van der Waals surface area contributed by atoms with Gasteiger partial charge in [0, 0.05) is 38.0 Å². The van der Waals surface area contributed by atoms with Gasteiger partial charge in [0.2, 0.25) is 0 Å². The minimum absolute atomic E-state index is 0.0545. The molecule has 1 amide bonds. The van der Waals surface area contributed by atoms with Crippen molar-refractivity contribution < 1.29 is 9.53 Å². The molecule has 0 bridgehead atoms. The van der Waals surface area contributed by atoms with Crippen molar-refractivity contribution in [3.05, 3.63) is 23.9 Å². The number of nitrogens with zero attached hydrogens (tertiary/aromatic N) is 2. The van der Waals surface area contributed by atoms with Gasteiger partial charge in [0.15, 0.2) is 0 Å². The highest BCUT2D eigenvalue weighted by Gasteiger charge is 2.21. The largest absolute Gasteiger partial charge is 0.377 e. The molecule has 104 valence electrons. The number of carbonyl (C=O) groups excluding carboxylic acids is 1. The summed E-state index contributed by atoms with van der Waals surface area (Å²) in [5, 5.41) is 3.12. The Bertz CT molecular complexity index is 436. The molecule has 1 aromatic rings. The van der Waals surface area contributed by atoms with Crippen LogP contribution in [0.2, 0.25) is 0 Å². The Kier molecular flexibility index (Phi) is 4.74. The van der Waals surface area contributed by atoms with Crippen molar-refractivity contribution in [2.24, 2.45) is 0 Å². The quantitative estimate of drug-likeness (QED) is 0.903. The van der Waals surface area contributed by atoms with Crippen LogP contribution in [0, 0.1) is 0 Å². The number of carbonyl (C=O) groups is 1. The van der Waals surface area contributed by atoms with Crippen LogP contribution in [0.3, 0.4) is 0 Å². The van der Waals surface area contributed by atoms with Crippen molar-refractivity contribution in [1.29, 1.82) is 0 Å². The zero-order chi connectivity index (χ0) is 13.7. The zero-order valence-electron chi connectivity index (χ0n) is 11.6. The maximum absolute atomic E-state index is 12.5. The van der Waals surface area contributed by atoms with Crippen LogP contribution in [0.4, 0.5) is 5.82 Å². The SMILES string of the molecule is CCNc1cc(C(=O)N2CCCOC(C)C2)ccn1. The first-order valence-corrected chi connectivity index (χ1v) is 6.81. The molecule has 0 spiro atoms. The molecule has 1 aromatic heterocycles. The fourth-order valence-electron chi connectivity index (χ4n) is 2.20. The van der Waals surface area contributed by atoms with Gasteiger partial charge in [-0.2, -0.15) is 0 Å². The van der Waals surface area contributed by atoms with E-state index in [4.69, 9.17) is 4.74 Å². The van der Waals surface area contributed by atoms with Crippen molar-refractivity contribution in [3.63, 3.8) is 0 Å². The van der Waals surface area contributed by atoms with E-state index in [-0.39, 0.29) is 12.0 Å². The van der Waals surface area contributed by atoms with Crippen LogP contribution in [-0.4, -0.2) is 48.1 Å². The summed E-state index contributed by atoms with van der Waals surface area (Å²) in [6.45, 7) is 6.93. The van der Waals surface area contributed by atoms with E-state index < -0.39 is 0 Å². The highest BCUT2D eigenvalue weighted by molar-refractivity contribution is 5.94. The molecular formula is C14H21N3O2. The fourth-order valence-corrected chi connectivity index (χ4v) is 2.20. The van der Waals surface area contributed by atoms with Gasteiger partial charge in [-0.3, -0.25) is 4.79 Å². The van der Waals surface area contributed by atoms with E-state index >= 15 is 0 Å². The maximum Gasteiger partial charge on any atom is 0.254 e. The van der Waals surface area contributed by atoms with E-state index in [1.807, 2.05) is 24.8 Å². The number of anilines is 1. The predicted octanol–water partition coefficient (Wildman–Crippen LogP) is 1.76. The van der Waals surface area contributed by atoms with Crippen LogP contribution >= 0.6 is 0 Å². The molecule has 1 fully saturated rings. The first kappa shape index (κ1) is 13.8. The lowest BCUT2D eigenvalue weighted by Crippen LogP contribution is -2.35. The van der Waals surface area contributed by atoms with Crippen LogP contribution in [0.5, 0.6) is 0 Å². The van der Waals surface area contributed by atoms with Gasteiger partial charge in [-0.15, -0.1) is 0 Å². The molecule has 1 N–H and O–H groups in total. The predicted molar refractivity (Wildman–Crippen MR) is 74.3 cm³/mol. The van der Waals surface area contributed by atoms with Crippen molar-refractivity contribution in [3.8, 4) is 0 Å². The summed E-state index contributed by atoms with van der Waals surface area (Å²) in [5.41, 5.74) is 0.681. The summed E-state index contributed by atoms with van der Waals surface area (Å²) in [5.74, 6) is 0.798. The highest BCUT2D eigenvalue weighted by atomic mass is 16.5. The average molecular weight is 263 g/mol. The van der Waals surface area contributed by atoms with E-state index in [9.17, 15) is 4.79 Å². The van der Waals surface area contributed by atoms with Gasteiger partial charge in [0.1, 0.15) is 5.82 Å². The lowest BCUT2D eigenvalue weighted by atomic mass is 10.2. The molecule has 0 radical (unpaired) electrons. The van der Waals surface area contributed by atoms with Gasteiger partial charge in [-0.05, 0) is 32.4 Å². The molecule has 1 atom stereocenters. The molecule has 0 saturated carbocycles. The molecule has 5 nitrogen and oxygen atoms in total. The Balaban J connectivity index is 2.11. The Hall–Kier alpha value is -1.62. The van der Waals surface area contributed by atoms with E-state index in [1.54, 1.807) is 12.3 Å². The minimum atomic E-state index is 0.0545. The Morgan fingerprint density at radius 2 is 2.47 bits per heavy atom. The molecular weight excluding hydrogens is 242 g/mol. The second kappa shape index (κ2) is 6.52. The topological polar surface area (TPSA) is 54.5 Å².